The highest BCUT2D eigenvalue weighted by atomic mass is 79.9. The van der Waals surface area contributed by atoms with Gasteiger partial charge in [-0.3, -0.25) is 4.98 Å². The number of nitrogens with one attached hydrogen (secondary N) is 1. The summed E-state index contributed by atoms with van der Waals surface area (Å²) in [7, 11) is 0. The molecule has 0 unspecified atom stereocenters. The van der Waals surface area contributed by atoms with Crippen LogP contribution in [0.3, 0.4) is 0 Å². The van der Waals surface area contributed by atoms with Crippen molar-refractivity contribution in [2.24, 2.45) is 0 Å². The zero-order valence-electron chi connectivity index (χ0n) is 11.2. The number of nitrogens with zero attached hydrogens (tertiary/aromatic N) is 1. The number of aryl methyl sites for hydroxylation is 2. The monoisotopic (exact) mass is 306 g/mol. The second-order valence-electron chi connectivity index (χ2n) is 4.56. The first-order chi connectivity index (χ1) is 8.65. The van der Waals surface area contributed by atoms with Crippen LogP contribution in [-0.2, 0) is 6.42 Å². The van der Waals surface area contributed by atoms with Crippen LogP contribution in [0.15, 0.2) is 22.7 Å². The number of fused-ring (bicyclic) bond motifs is 1. The fourth-order valence-electron chi connectivity index (χ4n) is 2.10. The lowest BCUT2D eigenvalue weighted by Gasteiger charge is -2.12. The molecule has 2 aromatic rings. The van der Waals surface area contributed by atoms with Crippen LogP contribution in [0.1, 0.15) is 31.5 Å². The molecule has 1 heterocycles. The van der Waals surface area contributed by atoms with Gasteiger partial charge in [-0.25, -0.2) is 0 Å². The third-order valence-corrected chi connectivity index (χ3v) is 3.51. The predicted octanol–water partition coefficient (Wildman–Crippen LogP) is 4.69. The third kappa shape index (κ3) is 2.66. The molecule has 0 aliphatic rings. The number of hydrogen-bond acceptors (Lipinski definition) is 2. The normalized spacial score (nSPS) is 10.9. The van der Waals surface area contributed by atoms with Crippen LogP contribution in [0.4, 0.5) is 5.69 Å². The van der Waals surface area contributed by atoms with Crippen molar-refractivity contribution < 1.29 is 0 Å². The van der Waals surface area contributed by atoms with Crippen molar-refractivity contribution in [2.75, 3.05) is 11.9 Å². The first-order valence-corrected chi connectivity index (χ1v) is 7.28. The number of hydrogen-bond donors (Lipinski definition) is 1. The van der Waals surface area contributed by atoms with Crippen LogP contribution >= 0.6 is 15.9 Å². The van der Waals surface area contributed by atoms with E-state index < -0.39 is 0 Å². The second kappa shape index (κ2) is 5.70. The maximum atomic E-state index is 4.74. The van der Waals surface area contributed by atoms with Crippen molar-refractivity contribution >= 4 is 32.5 Å². The number of aromatic nitrogens is 1. The molecule has 0 aliphatic heterocycles. The Kier molecular flexibility index (Phi) is 4.23. The number of anilines is 1. The first-order valence-electron chi connectivity index (χ1n) is 6.49. The molecule has 0 amide bonds. The van der Waals surface area contributed by atoms with E-state index in [0.29, 0.717) is 0 Å². The topological polar surface area (TPSA) is 24.9 Å². The zero-order valence-corrected chi connectivity index (χ0v) is 12.8. The van der Waals surface area contributed by atoms with Crippen LogP contribution in [-0.4, -0.2) is 11.5 Å². The van der Waals surface area contributed by atoms with E-state index in [2.05, 4.69) is 60.2 Å². The molecule has 0 saturated heterocycles. The van der Waals surface area contributed by atoms with Crippen LogP contribution in [0.2, 0.25) is 0 Å². The van der Waals surface area contributed by atoms with Gasteiger partial charge in [-0.15, -0.1) is 0 Å². The number of rotatable bonds is 4. The second-order valence-corrected chi connectivity index (χ2v) is 5.48. The van der Waals surface area contributed by atoms with Gasteiger partial charge in [-0.1, -0.05) is 29.8 Å². The van der Waals surface area contributed by atoms with Crippen molar-refractivity contribution in [3.8, 4) is 0 Å². The fraction of sp³-hybridized carbons (Fsp3) is 0.400. The minimum Gasteiger partial charge on any atom is -0.384 e. The van der Waals surface area contributed by atoms with Gasteiger partial charge in [0, 0.05) is 27.8 Å². The lowest BCUT2D eigenvalue weighted by atomic mass is 10.1. The summed E-state index contributed by atoms with van der Waals surface area (Å²) in [5.74, 6) is 0. The van der Waals surface area contributed by atoms with Gasteiger partial charge in [0.2, 0.25) is 0 Å². The predicted molar refractivity (Wildman–Crippen MR) is 82.3 cm³/mol. The van der Waals surface area contributed by atoms with Gasteiger partial charge in [0.1, 0.15) is 0 Å². The van der Waals surface area contributed by atoms with Gasteiger partial charge in [0.05, 0.1) is 5.52 Å². The summed E-state index contributed by atoms with van der Waals surface area (Å²) >= 11 is 3.57. The molecular formula is C15H19BrN2. The highest BCUT2D eigenvalue weighted by Gasteiger charge is 2.08. The molecule has 1 aromatic carbocycles. The molecule has 2 rings (SSSR count). The van der Waals surface area contributed by atoms with Crippen molar-refractivity contribution in [2.45, 2.75) is 33.6 Å². The Bertz CT molecular complexity index is 564. The molecule has 2 nitrogen and oxygen atoms in total. The Hall–Kier alpha value is -1.09. The SMILES string of the molecule is CCCNc1cc(CC)nc2c(C)cc(Br)cc12. The molecule has 0 atom stereocenters. The van der Waals surface area contributed by atoms with Crippen molar-refractivity contribution in [3.63, 3.8) is 0 Å². The maximum Gasteiger partial charge on any atom is 0.0755 e. The minimum absolute atomic E-state index is 0.965. The Balaban J connectivity index is 2.64. The molecule has 0 radical (unpaired) electrons. The van der Waals surface area contributed by atoms with E-state index in [0.717, 1.165) is 35.1 Å². The van der Waals surface area contributed by atoms with E-state index in [1.165, 1.54) is 16.6 Å². The molecule has 0 aliphatic carbocycles. The highest BCUT2D eigenvalue weighted by molar-refractivity contribution is 9.10. The summed E-state index contributed by atoms with van der Waals surface area (Å²) in [4.78, 5) is 4.74. The van der Waals surface area contributed by atoms with Gasteiger partial charge in [0.15, 0.2) is 0 Å². The van der Waals surface area contributed by atoms with E-state index in [1.54, 1.807) is 0 Å². The summed E-state index contributed by atoms with van der Waals surface area (Å²) < 4.78 is 1.11. The van der Waals surface area contributed by atoms with Gasteiger partial charge >= 0.3 is 0 Å². The number of benzene rings is 1. The molecular weight excluding hydrogens is 288 g/mol. The van der Waals surface area contributed by atoms with Crippen LogP contribution in [0, 0.1) is 6.92 Å². The van der Waals surface area contributed by atoms with Crippen molar-refractivity contribution in [1.82, 2.24) is 4.98 Å². The average Bonchev–Trinajstić information content (AvgIpc) is 2.36. The largest absolute Gasteiger partial charge is 0.384 e. The van der Waals surface area contributed by atoms with Gasteiger partial charge in [-0.2, -0.15) is 0 Å². The molecule has 1 N–H and O–H groups in total. The Labute approximate surface area is 117 Å². The number of pyridine rings is 1. The van der Waals surface area contributed by atoms with Crippen LogP contribution in [0.5, 0.6) is 0 Å². The van der Waals surface area contributed by atoms with E-state index in [1.807, 2.05) is 0 Å². The van der Waals surface area contributed by atoms with Gasteiger partial charge in [0.25, 0.3) is 0 Å². The number of halogens is 1. The first kappa shape index (κ1) is 13.3. The Morgan fingerprint density at radius 1 is 1.22 bits per heavy atom. The molecule has 3 heteroatoms. The lowest BCUT2D eigenvalue weighted by Crippen LogP contribution is -2.03. The van der Waals surface area contributed by atoms with Crippen LogP contribution < -0.4 is 5.32 Å². The molecule has 0 bridgehead atoms. The molecule has 0 spiro atoms. The zero-order chi connectivity index (χ0) is 13.1. The van der Waals surface area contributed by atoms with E-state index >= 15 is 0 Å². The van der Waals surface area contributed by atoms with E-state index in [-0.39, 0.29) is 0 Å². The Morgan fingerprint density at radius 3 is 2.67 bits per heavy atom. The molecule has 18 heavy (non-hydrogen) atoms. The van der Waals surface area contributed by atoms with E-state index in [4.69, 9.17) is 4.98 Å². The van der Waals surface area contributed by atoms with Gasteiger partial charge < -0.3 is 5.32 Å². The van der Waals surface area contributed by atoms with Crippen LogP contribution in [0.25, 0.3) is 10.9 Å². The van der Waals surface area contributed by atoms with Gasteiger partial charge in [-0.05, 0) is 43.5 Å². The summed E-state index contributed by atoms with van der Waals surface area (Å²) in [6.45, 7) is 7.43. The van der Waals surface area contributed by atoms with E-state index in [9.17, 15) is 0 Å². The summed E-state index contributed by atoms with van der Waals surface area (Å²) in [6.07, 6.45) is 2.09. The summed E-state index contributed by atoms with van der Waals surface area (Å²) in [6, 6.07) is 6.44. The molecule has 0 saturated carbocycles. The molecule has 1 aromatic heterocycles. The maximum absolute atomic E-state index is 4.74. The highest BCUT2D eigenvalue weighted by Crippen LogP contribution is 2.29. The standard InChI is InChI=1S/C15H19BrN2/c1-4-6-17-14-9-12(5-2)18-15-10(3)7-11(16)8-13(14)15/h7-9H,4-6H2,1-3H3,(H,17,18). The quantitative estimate of drug-likeness (QED) is 0.886. The lowest BCUT2D eigenvalue weighted by molar-refractivity contribution is 0.977. The Morgan fingerprint density at radius 2 is 2.00 bits per heavy atom. The summed E-state index contributed by atoms with van der Waals surface area (Å²) in [5.41, 5.74) is 4.67. The minimum atomic E-state index is 0.965. The summed E-state index contributed by atoms with van der Waals surface area (Å²) in [5, 5.41) is 4.71. The molecule has 0 fully saturated rings. The smallest absolute Gasteiger partial charge is 0.0755 e. The third-order valence-electron chi connectivity index (χ3n) is 3.05. The van der Waals surface area contributed by atoms with Crippen molar-refractivity contribution in [3.05, 3.63) is 33.9 Å². The van der Waals surface area contributed by atoms with Crippen molar-refractivity contribution in [1.29, 1.82) is 0 Å². The average molecular weight is 307 g/mol. The molecule has 96 valence electrons. The fourth-order valence-corrected chi connectivity index (χ4v) is 2.67.